The summed E-state index contributed by atoms with van der Waals surface area (Å²) in [4.78, 5) is 12.0. The van der Waals surface area contributed by atoms with Crippen molar-refractivity contribution in [2.45, 2.75) is 27.7 Å². The number of carbonyl (C=O) groups is 1. The van der Waals surface area contributed by atoms with Crippen molar-refractivity contribution in [2.75, 3.05) is 26.4 Å². The zero-order valence-electron chi connectivity index (χ0n) is 12.4. The molecular weight excluding hydrogens is 240 g/mol. The molecule has 3 nitrogen and oxygen atoms in total. The van der Waals surface area contributed by atoms with Gasteiger partial charge in [-0.2, -0.15) is 0 Å². The third-order valence-corrected chi connectivity index (χ3v) is 2.74. The zero-order valence-corrected chi connectivity index (χ0v) is 12.4. The monoisotopic (exact) mass is 264 g/mol. The first kappa shape index (κ1) is 15.9. The molecule has 0 aromatic heterocycles. The first-order valence-electron chi connectivity index (χ1n) is 6.76. The molecule has 0 unspecified atom stereocenters. The van der Waals surface area contributed by atoms with E-state index < -0.39 is 0 Å². The second-order valence-electron chi connectivity index (χ2n) is 5.26. The highest BCUT2D eigenvalue weighted by Crippen LogP contribution is 2.11. The van der Waals surface area contributed by atoms with Gasteiger partial charge in [0.25, 0.3) is 0 Å². The van der Waals surface area contributed by atoms with Crippen LogP contribution < -0.4 is 0 Å². The molecule has 0 saturated carbocycles. The normalized spacial score (nSPS) is 11.0. The molecule has 1 aromatic rings. The lowest BCUT2D eigenvalue weighted by Gasteiger charge is -2.08. The number of aryl methyl sites for hydroxylation is 2. The molecule has 19 heavy (non-hydrogen) atoms. The van der Waals surface area contributed by atoms with Crippen molar-refractivity contribution in [1.29, 1.82) is 0 Å². The van der Waals surface area contributed by atoms with E-state index in [-0.39, 0.29) is 12.4 Å². The van der Waals surface area contributed by atoms with Gasteiger partial charge in [0.05, 0.1) is 13.2 Å². The van der Waals surface area contributed by atoms with Gasteiger partial charge in [0.15, 0.2) is 5.78 Å². The van der Waals surface area contributed by atoms with Crippen LogP contribution in [0.25, 0.3) is 0 Å². The molecule has 0 N–H and O–H groups in total. The third-order valence-electron chi connectivity index (χ3n) is 2.74. The second-order valence-corrected chi connectivity index (χ2v) is 5.26. The number of hydrogen-bond acceptors (Lipinski definition) is 3. The summed E-state index contributed by atoms with van der Waals surface area (Å²) in [5.74, 6) is 0.554. The summed E-state index contributed by atoms with van der Waals surface area (Å²) in [5, 5.41) is 0. The van der Waals surface area contributed by atoms with E-state index in [1.54, 1.807) is 0 Å². The van der Waals surface area contributed by atoms with Crippen LogP contribution in [0.2, 0.25) is 0 Å². The fourth-order valence-electron chi connectivity index (χ4n) is 1.81. The van der Waals surface area contributed by atoms with Crippen LogP contribution in [0.5, 0.6) is 0 Å². The van der Waals surface area contributed by atoms with Gasteiger partial charge in [0.2, 0.25) is 0 Å². The number of carbonyl (C=O) groups excluding carboxylic acids is 1. The van der Waals surface area contributed by atoms with E-state index in [9.17, 15) is 4.79 Å². The quantitative estimate of drug-likeness (QED) is 0.534. The molecule has 0 spiro atoms. The molecule has 3 heteroatoms. The molecule has 0 fully saturated rings. The molecule has 1 rings (SSSR count). The van der Waals surface area contributed by atoms with Crippen LogP contribution in [-0.2, 0) is 9.47 Å². The molecule has 0 saturated heterocycles. The lowest BCUT2D eigenvalue weighted by atomic mass is 10.0. The highest BCUT2D eigenvalue weighted by molar-refractivity contribution is 5.98. The lowest BCUT2D eigenvalue weighted by Crippen LogP contribution is -2.14. The van der Waals surface area contributed by atoms with Gasteiger partial charge >= 0.3 is 0 Å². The van der Waals surface area contributed by atoms with Crippen molar-refractivity contribution in [2.24, 2.45) is 5.92 Å². The summed E-state index contributed by atoms with van der Waals surface area (Å²) < 4.78 is 10.7. The topological polar surface area (TPSA) is 35.5 Å². The summed E-state index contributed by atoms with van der Waals surface area (Å²) in [6.07, 6.45) is 0. The second kappa shape index (κ2) is 8.08. The molecule has 0 amide bonds. The molecule has 0 aliphatic heterocycles. The van der Waals surface area contributed by atoms with Gasteiger partial charge in [-0.25, -0.2) is 0 Å². The summed E-state index contributed by atoms with van der Waals surface area (Å²) in [6.45, 7) is 10.0. The molecule has 0 aliphatic carbocycles. The van der Waals surface area contributed by atoms with Crippen molar-refractivity contribution in [3.8, 4) is 0 Å². The van der Waals surface area contributed by atoms with Gasteiger partial charge in [0.1, 0.15) is 6.61 Å². The third kappa shape index (κ3) is 5.99. The van der Waals surface area contributed by atoms with E-state index in [2.05, 4.69) is 13.8 Å². The Morgan fingerprint density at radius 2 is 1.84 bits per heavy atom. The van der Waals surface area contributed by atoms with Crippen molar-refractivity contribution in [1.82, 2.24) is 0 Å². The first-order chi connectivity index (χ1) is 9.00. The number of benzene rings is 1. The smallest absolute Gasteiger partial charge is 0.188 e. The van der Waals surface area contributed by atoms with E-state index in [4.69, 9.17) is 9.47 Å². The number of ether oxygens (including phenoxy) is 2. The van der Waals surface area contributed by atoms with Gasteiger partial charge in [-0.3, -0.25) is 4.79 Å². The van der Waals surface area contributed by atoms with Crippen molar-refractivity contribution in [3.63, 3.8) is 0 Å². The Balaban J connectivity index is 2.28. The number of Topliss-reactive ketones (excluding diaryl/α,β-unsaturated/α-hetero) is 1. The van der Waals surface area contributed by atoms with Gasteiger partial charge < -0.3 is 9.47 Å². The van der Waals surface area contributed by atoms with Gasteiger partial charge in [-0.1, -0.05) is 37.6 Å². The largest absolute Gasteiger partial charge is 0.379 e. The van der Waals surface area contributed by atoms with Crippen molar-refractivity contribution >= 4 is 5.78 Å². The minimum Gasteiger partial charge on any atom is -0.379 e. The van der Waals surface area contributed by atoms with Gasteiger partial charge in [0, 0.05) is 12.2 Å². The van der Waals surface area contributed by atoms with E-state index in [0.717, 1.165) is 23.3 Å². The van der Waals surface area contributed by atoms with E-state index in [1.807, 2.05) is 32.0 Å². The highest BCUT2D eigenvalue weighted by atomic mass is 16.5. The Bertz CT molecular complexity index is 410. The minimum atomic E-state index is 0.0290. The SMILES string of the molecule is Cc1ccc(C(=O)COCCOCC(C)C)c(C)c1. The van der Waals surface area contributed by atoms with Crippen LogP contribution in [-0.4, -0.2) is 32.2 Å². The summed E-state index contributed by atoms with van der Waals surface area (Å²) in [5.41, 5.74) is 2.91. The van der Waals surface area contributed by atoms with E-state index >= 15 is 0 Å². The van der Waals surface area contributed by atoms with Crippen molar-refractivity contribution in [3.05, 3.63) is 34.9 Å². The molecule has 0 atom stereocenters. The van der Waals surface area contributed by atoms with Crippen LogP contribution in [0, 0.1) is 19.8 Å². The Morgan fingerprint density at radius 3 is 2.47 bits per heavy atom. The maximum absolute atomic E-state index is 12.0. The molecule has 1 aromatic carbocycles. The predicted molar refractivity (Wildman–Crippen MR) is 76.7 cm³/mol. The van der Waals surface area contributed by atoms with Gasteiger partial charge in [-0.05, 0) is 25.3 Å². The fourth-order valence-corrected chi connectivity index (χ4v) is 1.81. The minimum absolute atomic E-state index is 0.0290. The Hall–Kier alpha value is -1.19. The van der Waals surface area contributed by atoms with Crippen molar-refractivity contribution < 1.29 is 14.3 Å². The number of rotatable bonds is 8. The molecule has 106 valence electrons. The molecule has 0 aliphatic rings. The summed E-state index contributed by atoms with van der Waals surface area (Å²) in [7, 11) is 0. The van der Waals surface area contributed by atoms with Crippen LogP contribution >= 0.6 is 0 Å². The Morgan fingerprint density at radius 1 is 1.16 bits per heavy atom. The number of ketones is 1. The summed E-state index contributed by atoms with van der Waals surface area (Å²) in [6, 6.07) is 5.83. The van der Waals surface area contributed by atoms with Crippen LogP contribution in [0.3, 0.4) is 0 Å². The van der Waals surface area contributed by atoms with Gasteiger partial charge in [-0.15, -0.1) is 0 Å². The van der Waals surface area contributed by atoms with E-state index in [0.29, 0.717) is 19.1 Å². The fraction of sp³-hybridized carbons (Fsp3) is 0.562. The average Bonchev–Trinajstić information content (AvgIpc) is 2.32. The predicted octanol–water partition coefficient (Wildman–Crippen LogP) is 3.18. The van der Waals surface area contributed by atoms with E-state index in [1.165, 1.54) is 0 Å². The molecular formula is C16H24O3. The Labute approximate surface area is 115 Å². The highest BCUT2D eigenvalue weighted by Gasteiger charge is 2.08. The van der Waals surface area contributed by atoms with Crippen LogP contribution in [0.1, 0.15) is 35.3 Å². The molecule has 0 bridgehead atoms. The standard InChI is InChI=1S/C16H24O3/c1-12(2)10-18-7-8-19-11-16(17)15-6-5-13(3)9-14(15)4/h5-6,9,12H,7-8,10-11H2,1-4H3. The van der Waals surface area contributed by atoms with Crippen LogP contribution in [0.15, 0.2) is 18.2 Å². The zero-order chi connectivity index (χ0) is 14.3. The lowest BCUT2D eigenvalue weighted by molar-refractivity contribution is 0.0363. The summed E-state index contributed by atoms with van der Waals surface area (Å²) >= 11 is 0. The Kier molecular flexibility index (Phi) is 6.74. The maximum Gasteiger partial charge on any atom is 0.188 e. The maximum atomic E-state index is 12.0. The number of hydrogen-bond donors (Lipinski definition) is 0. The first-order valence-corrected chi connectivity index (χ1v) is 6.76. The average molecular weight is 264 g/mol. The molecule has 0 radical (unpaired) electrons. The van der Waals surface area contributed by atoms with Crippen LogP contribution in [0.4, 0.5) is 0 Å². The molecule has 0 heterocycles.